The smallest absolute Gasteiger partial charge is 0.237 e. The van der Waals surface area contributed by atoms with E-state index in [1.807, 2.05) is 0 Å². The molecule has 1 N–H and O–H groups in total. The van der Waals surface area contributed by atoms with Crippen molar-refractivity contribution in [1.82, 2.24) is 10.2 Å². The van der Waals surface area contributed by atoms with E-state index >= 15 is 0 Å². The van der Waals surface area contributed by atoms with Gasteiger partial charge in [0.15, 0.2) is 0 Å². The molecule has 1 aromatic rings. The molecule has 1 aromatic carbocycles. The van der Waals surface area contributed by atoms with Crippen molar-refractivity contribution in [3.63, 3.8) is 0 Å². The van der Waals surface area contributed by atoms with Gasteiger partial charge in [0.1, 0.15) is 5.82 Å². The second kappa shape index (κ2) is 5.80. The van der Waals surface area contributed by atoms with Crippen LogP contribution in [-0.4, -0.2) is 30.4 Å². The maximum atomic E-state index is 13.1. The first kappa shape index (κ1) is 13.5. The zero-order valence-electron chi connectivity index (χ0n) is 10.2. The molecular formula is C13H16BrFN2O. The van der Waals surface area contributed by atoms with Gasteiger partial charge in [0.05, 0.1) is 10.5 Å². The molecule has 5 heteroatoms. The number of benzene rings is 1. The third-order valence-corrected chi connectivity index (χ3v) is 3.89. The van der Waals surface area contributed by atoms with Gasteiger partial charge in [-0.25, -0.2) is 4.39 Å². The van der Waals surface area contributed by atoms with Gasteiger partial charge in [-0.05, 0) is 53.0 Å². The highest BCUT2D eigenvalue weighted by Gasteiger charge is 2.29. The Hall–Kier alpha value is -0.940. The summed E-state index contributed by atoms with van der Waals surface area (Å²) < 4.78 is 13.6. The van der Waals surface area contributed by atoms with E-state index in [1.54, 1.807) is 19.2 Å². The summed E-state index contributed by atoms with van der Waals surface area (Å²) in [5.74, 6) is -0.197. The molecule has 1 aliphatic heterocycles. The molecule has 1 heterocycles. The molecule has 0 radical (unpaired) electrons. The monoisotopic (exact) mass is 314 g/mol. The van der Waals surface area contributed by atoms with Crippen molar-refractivity contribution in [3.8, 4) is 0 Å². The number of nitrogens with zero attached hydrogens (tertiary/aromatic N) is 1. The van der Waals surface area contributed by atoms with E-state index in [1.165, 1.54) is 6.07 Å². The normalized spacial score (nSPS) is 20.1. The number of carbonyl (C=O) groups is 1. The average molecular weight is 315 g/mol. The number of likely N-dealkylation sites (tertiary alicyclic amines) is 1. The number of amides is 1. The minimum Gasteiger partial charge on any atom is -0.358 e. The number of halogens is 2. The lowest BCUT2D eigenvalue weighted by Gasteiger charge is -2.23. The van der Waals surface area contributed by atoms with Crippen LogP contribution in [0, 0.1) is 5.82 Å². The van der Waals surface area contributed by atoms with Crippen molar-refractivity contribution < 1.29 is 9.18 Å². The molecule has 98 valence electrons. The van der Waals surface area contributed by atoms with Crippen LogP contribution in [0.1, 0.15) is 18.4 Å². The number of likely N-dealkylation sites (N-methyl/N-ethyl adjacent to an activating group) is 1. The molecular weight excluding hydrogens is 299 g/mol. The van der Waals surface area contributed by atoms with Gasteiger partial charge < -0.3 is 5.32 Å². The highest BCUT2D eigenvalue weighted by atomic mass is 79.9. The molecule has 18 heavy (non-hydrogen) atoms. The van der Waals surface area contributed by atoms with Gasteiger partial charge in [-0.2, -0.15) is 0 Å². The number of carbonyl (C=O) groups excluding carboxylic acids is 1. The Labute approximate surface area is 114 Å². The molecule has 1 atom stereocenters. The van der Waals surface area contributed by atoms with Gasteiger partial charge in [0, 0.05) is 13.6 Å². The van der Waals surface area contributed by atoms with Crippen molar-refractivity contribution in [2.24, 2.45) is 0 Å². The van der Waals surface area contributed by atoms with Crippen LogP contribution in [0.5, 0.6) is 0 Å². The summed E-state index contributed by atoms with van der Waals surface area (Å²) in [6.07, 6.45) is 1.92. The fourth-order valence-electron chi connectivity index (χ4n) is 2.35. The maximum absolute atomic E-state index is 13.1. The highest BCUT2D eigenvalue weighted by molar-refractivity contribution is 9.10. The first-order chi connectivity index (χ1) is 8.61. The topological polar surface area (TPSA) is 32.3 Å². The maximum Gasteiger partial charge on any atom is 0.237 e. The Morgan fingerprint density at radius 2 is 2.39 bits per heavy atom. The molecule has 3 nitrogen and oxygen atoms in total. The SMILES string of the molecule is CNC(=O)C1CCCN1Cc1ccc(F)c(Br)c1. The number of hydrogen-bond donors (Lipinski definition) is 1. The van der Waals surface area contributed by atoms with Crippen LogP contribution >= 0.6 is 15.9 Å². The molecule has 2 rings (SSSR count). The molecule has 1 amide bonds. The van der Waals surface area contributed by atoms with Crippen LogP contribution in [0.2, 0.25) is 0 Å². The van der Waals surface area contributed by atoms with Gasteiger partial charge >= 0.3 is 0 Å². The summed E-state index contributed by atoms with van der Waals surface area (Å²) in [7, 11) is 1.66. The molecule has 0 bridgehead atoms. The summed E-state index contributed by atoms with van der Waals surface area (Å²) in [4.78, 5) is 13.9. The summed E-state index contributed by atoms with van der Waals surface area (Å²) in [5.41, 5.74) is 1.01. The van der Waals surface area contributed by atoms with Crippen molar-refractivity contribution >= 4 is 21.8 Å². The fourth-order valence-corrected chi connectivity index (χ4v) is 2.78. The van der Waals surface area contributed by atoms with E-state index in [2.05, 4.69) is 26.1 Å². The third-order valence-electron chi connectivity index (χ3n) is 3.28. The molecule has 1 unspecified atom stereocenters. The molecule has 1 fully saturated rings. The number of nitrogens with one attached hydrogen (secondary N) is 1. The molecule has 0 spiro atoms. The van der Waals surface area contributed by atoms with Gasteiger partial charge in [-0.15, -0.1) is 0 Å². The lowest BCUT2D eigenvalue weighted by molar-refractivity contribution is -0.125. The van der Waals surface area contributed by atoms with Crippen molar-refractivity contribution in [3.05, 3.63) is 34.1 Å². The number of hydrogen-bond acceptors (Lipinski definition) is 2. The van der Waals surface area contributed by atoms with E-state index in [0.29, 0.717) is 11.0 Å². The molecule has 0 aliphatic carbocycles. The quantitative estimate of drug-likeness (QED) is 0.928. The zero-order valence-corrected chi connectivity index (χ0v) is 11.8. The van der Waals surface area contributed by atoms with Crippen molar-refractivity contribution in [2.75, 3.05) is 13.6 Å². The Kier molecular flexibility index (Phi) is 4.35. The van der Waals surface area contributed by atoms with Crippen LogP contribution in [-0.2, 0) is 11.3 Å². The average Bonchev–Trinajstić information content (AvgIpc) is 2.81. The summed E-state index contributed by atoms with van der Waals surface area (Å²) >= 11 is 3.18. The summed E-state index contributed by atoms with van der Waals surface area (Å²) in [6.45, 7) is 1.59. The van der Waals surface area contributed by atoms with Gasteiger partial charge in [-0.3, -0.25) is 9.69 Å². The standard InChI is InChI=1S/C13H16BrFN2O/c1-16-13(18)12-3-2-6-17(12)8-9-4-5-11(15)10(14)7-9/h4-5,7,12H,2-3,6,8H2,1H3,(H,16,18). The van der Waals surface area contributed by atoms with Crippen LogP contribution in [0.25, 0.3) is 0 Å². The third kappa shape index (κ3) is 2.90. The predicted molar refractivity (Wildman–Crippen MR) is 71.6 cm³/mol. The van der Waals surface area contributed by atoms with Crippen LogP contribution in [0.15, 0.2) is 22.7 Å². The van der Waals surface area contributed by atoms with E-state index in [0.717, 1.165) is 24.9 Å². The fraction of sp³-hybridized carbons (Fsp3) is 0.462. The Morgan fingerprint density at radius 3 is 3.06 bits per heavy atom. The Bertz CT molecular complexity index is 453. The van der Waals surface area contributed by atoms with Crippen LogP contribution in [0.3, 0.4) is 0 Å². The Morgan fingerprint density at radius 1 is 1.61 bits per heavy atom. The molecule has 0 aromatic heterocycles. The minimum atomic E-state index is -0.261. The van der Waals surface area contributed by atoms with E-state index in [4.69, 9.17) is 0 Å². The first-order valence-corrected chi connectivity index (χ1v) is 6.80. The van der Waals surface area contributed by atoms with Crippen LogP contribution in [0.4, 0.5) is 4.39 Å². The molecule has 1 aliphatic rings. The van der Waals surface area contributed by atoms with Crippen molar-refractivity contribution in [2.45, 2.75) is 25.4 Å². The lowest BCUT2D eigenvalue weighted by atomic mass is 10.1. The van der Waals surface area contributed by atoms with Gasteiger partial charge in [0.2, 0.25) is 5.91 Å². The van der Waals surface area contributed by atoms with E-state index in [9.17, 15) is 9.18 Å². The minimum absolute atomic E-state index is 0.0566. The first-order valence-electron chi connectivity index (χ1n) is 6.01. The zero-order chi connectivity index (χ0) is 13.1. The largest absolute Gasteiger partial charge is 0.358 e. The van der Waals surface area contributed by atoms with Gasteiger partial charge in [-0.1, -0.05) is 6.07 Å². The predicted octanol–water partition coefficient (Wildman–Crippen LogP) is 2.30. The van der Waals surface area contributed by atoms with E-state index < -0.39 is 0 Å². The lowest BCUT2D eigenvalue weighted by Crippen LogP contribution is -2.41. The number of rotatable bonds is 3. The Balaban J connectivity index is 2.08. The summed E-state index contributed by atoms with van der Waals surface area (Å²) in [6, 6.07) is 4.93. The molecule has 1 saturated heterocycles. The second-order valence-corrected chi connectivity index (χ2v) is 5.35. The van der Waals surface area contributed by atoms with Gasteiger partial charge in [0.25, 0.3) is 0 Å². The van der Waals surface area contributed by atoms with Crippen LogP contribution < -0.4 is 5.32 Å². The highest BCUT2D eigenvalue weighted by Crippen LogP contribution is 2.23. The molecule has 0 saturated carbocycles. The van der Waals surface area contributed by atoms with Crippen molar-refractivity contribution in [1.29, 1.82) is 0 Å². The van der Waals surface area contributed by atoms with E-state index in [-0.39, 0.29) is 17.8 Å². The summed E-state index contributed by atoms with van der Waals surface area (Å²) in [5, 5.41) is 2.69. The second-order valence-electron chi connectivity index (χ2n) is 4.49.